The summed E-state index contributed by atoms with van der Waals surface area (Å²) in [5.41, 5.74) is 9.70. The molecule has 1 aliphatic heterocycles. The summed E-state index contributed by atoms with van der Waals surface area (Å²) in [7, 11) is 0. The Hall–Kier alpha value is -1.80. The van der Waals surface area contributed by atoms with Gasteiger partial charge in [-0.3, -0.25) is 4.90 Å². The Morgan fingerprint density at radius 2 is 1.57 bits per heavy atom. The number of piperidine rings is 1. The minimum Gasteiger partial charge on any atom is -0.398 e. The lowest BCUT2D eigenvalue weighted by molar-refractivity contribution is 0.177. The van der Waals surface area contributed by atoms with E-state index in [-0.39, 0.29) is 0 Å². The van der Waals surface area contributed by atoms with Gasteiger partial charge in [-0.2, -0.15) is 0 Å². The predicted molar refractivity (Wildman–Crippen MR) is 89.0 cm³/mol. The summed E-state index contributed by atoms with van der Waals surface area (Å²) in [6, 6.07) is 19.1. The van der Waals surface area contributed by atoms with Gasteiger partial charge in [0.15, 0.2) is 0 Å². The number of nitrogens with two attached hydrogens (primary N) is 1. The zero-order chi connectivity index (χ0) is 14.5. The Kier molecular flexibility index (Phi) is 4.56. The van der Waals surface area contributed by atoms with Crippen molar-refractivity contribution in [3.05, 3.63) is 65.7 Å². The molecule has 1 heterocycles. The molecule has 0 spiro atoms. The normalized spacial score (nSPS) is 17.0. The summed E-state index contributed by atoms with van der Waals surface area (Å²) >= 11 is 0. The number of nitrogens with zero attached hydrogens (tertiary/aromatic N) is 1. The molecule has 2 aromatic rings. The fraction of sp³-hybridized carbons (Fsp3) is 0.368. The fourth-order valence-corrected chi connectivity index (χ4v) is 3.22. The lowest BCUT2D eigenvalue weighted by Gasteiger charge is -2.32. The van der Waals surface area contributed by atoms with Crippen molar-refractivity contribution >= 4 is 5.69 Å². The van der Waals surface area contributed by atoms with Crippen molar-refractivity contribution in [2.24, 2.45) is 5.92 Å². The van der Waals surface area contributed by atoms with E-state index >= 15 is 0 Å². The maximum Gasteiger partial charge on any atom is 0.0359 e. The molecule has 0 bridgehead atoms. The van der Waals surface area contributed by atoms with Crippen LogP contribution in [0, 0.1) is 5.92 Å². The van der Waals surface area contributed by atoms with Gasteiger partial charge in [0.25, 0.3) is 0 Å². The van der Waals surface area contributed by atoms with E-state index in [1.165, 1.54) is 43.5 Å². The number of nitrogen functional groups attached to an aromatic ring is 1. The van der Waals surface area contributed by atoms with E-state index in [1.807, 2.05) is 12.1 Å². The van der Waals surface area contributed by atoms with Crippen molar-refractivity contribution in [3.8, 4) is 0 Å². The van der Waals surface area contributed by atoms with E-state index in [2.05, 4.69) is 47.4 Å². The van der Waals surface area contributed by atoms with Crippen LogP contribution in [0.15, 0.2) is 54.6 Å². The number of hydrogen-bond donors (Lipinski definition) is 1. The van der Waals surface area contributed by atoms with Gasteiger partial charge >= 0.3 is 0 Å². The van der Waals surface area contributed by atoms with Gasteiger partial charge in [-0.1, -0.05) is 48.5 Å². The van der Waals surface area contributed by atoms with E-state index in [0.29, 0.717) is 0 Å². The number of benzene rings is 2. The van der Waals surface area contributed by atoms with Gasteiger partial charge in [0.1, 0.15) is 0 Å². The third kappa shape index (κ3) is 3.85. The predicted octanol–water partition coefficient (Wildman–Crippen LogP) is 3.72. The first-order valence-electron chi connectivity index (χ1n) is 7.91. The smallest absolute Gasteiger partial charge is 0.0359 e. The second-order valence-corrected chi connectivity index (χ2v) is 6.11. The topological polar surface area (TPSA) is 29.3 Å². The second kappa shape index (κ2) is 6.77. The van der Waals surface area contributed by atoms with Crippen LogP contribution in [-0.4, -0.2) is 18.0 Å². The van der Waals surface area contributed by atoms with Gasteiger partial charge < -0.3 is 5.73 Å². The molecule has 0 atom stereocenters. The third-order valence-electron chi connectivity index (χ3n) is 4.52. The van der Waals surface area contributed by atoms with E-state index in [1.54, 1.807) is 0 Å². The summed E-state index contributed by atoms with van der Waals surface area (Å²) in [6.45, 7) is 3.36. The monoisotopic (exact) mass is 280 g/mol. The number of para-hydroxylation sites is 1. The molecule has 2 nitrogen and oxygen atoms in total. The van der Waals surface area contributed by atoms with Gasteiger partial charge in [-0.05, 0) is 55.5 Å². The highest BCUT2D eigenvalue weighted by molar-refractivity contribution is 5.46. The minimum atomic E-state index is 0.830. The first-order chi connectivity index (χ1) is 10.3. The summed E-state index contributed by atoms with van der Waals surface area (Å²) < 4.78 is 0. The van der Waals surface area contributed by atoms with Crippen molar-refractivity contribution < 1.29 is 0 Å². The molecule has 1 saturated heterocycles. The van der Waals surface area contributed by atoms with Crippen LogP contribution in [0.1, 0.15) is 24.0 Å². The minimum absolute atomic E-state index is 0.830. The molecule has 3 rings (SSSR count). The van der Waals surface area contributed by atoms with Crippen molar-refractivity contribution in [2.75, 3.05) is 18.8 Å². The van der Waals surface area contributed by atoms with E-state index < -0.39 is 0 Å². The largest absolute Gasteiger partial charge is 0.398 e. The molecule has 1 aliphatic rings. The van der Waals surface area contributed by atoms with Crippen LogP contribution in [0.4, 0.5) is 5.69 Å². The van der Waals surface area contributed by atoms with Crippen LogP contribution in [0.3, 0.4) is 0 Å². The number of anilines is 1. The van der Waals surface area contributed by atoms with Crippen molar-refractivity contribution in [3.63, 3.8) is 0 Å². The van der Waals surface area contributed by atoms with Crippen LogP contribution in [0.25, 0.3) is 0 Å². The lowest BCUT2D eigenvalue weighted by atomic mass is 9.90. The number of likely N-dealkylation sites (tertiary alicyclic amines) is 1. The standard InChI is InChI=1S/C19H24N2/c20-19-9-5-4-8-18(19)15-21-12-10-17(11-13-21)14-16-6-2-1-3-7-16/h1-9,17H,10-15,20H2. The molecule has 2 N–H and O–H groups in total. The average molecular weight is 280 g/mol. The van der Waals surface area contributed by atoms with Gasteiger partial charge in [0.05, 0.1) is 0 Å². The molecule has 110 valence electrons. The highest BCUT2D eigenvalue weighted by atomic mass is 15.1. The molecule has 0 unspecified atom stereocenters. The van der Waals surface area contributed by atoms with Crippen LogP contribution in [-0.2, 0) is 13.0 Å². The number of hydrogen-bond acceptors (Lipinski definition) is 2. The van der Waals surface area contributed by atoms with E-state index in [0.717, 1.165) is 18.2 Å². The Labute approximate surface area is 127 Å². The maximum atomic E-state index is 6.04. The Balaban J connectivity index is 1.50. The first-order valence-corrected chi connectivity index (χ1v) is 7.91. The highest BCUT2D eigenvalue weighted by Gasteiger charge is 2.19. The summed E-state index contributed by atoms with van der Waals surface area (Å²) in [5.74, 6) is 0.830. The molecular formula is C19H24N2. The molecule has 2 heteroatoms. The zero-order valence-electron chi connectivity index (χ0n) is 12.5. The van der Waals surface area contributed by atoms with Crippen LogP contribution in [0.2, 0.25) is 0 Å². The van der Waals surface area contributed by atoms with Gasteiger partial charge in [0.2, 0.25) is 0 Å². The Morgan fingerprint density at radius 3 is 2.29 bits per heavy atom. The average Bonchev–Trinajstić information content (AvgIpc) is 2.52. The van der Waals surface area contributed by atoms with Crippen molar-refractivity contribution in [1.82, 2.24) is 4.90 Å². The molecule has 1 fully saturated rings. The molecule has 0 saturated carbocycles. The van der Waals surface area contributed by atoms with Crippen molar-refractivity contribution in [2.45, 2.75) is 25.8 Å². The van der Waals surface area contributed by atoms with Gasteiger partial charge in [-0.15, -0.1) is 0 Å². The van der Waals surface area contributed by atoms with E-state index in [4.69, 9.17) is 5.73 Å². The molecule has 0 aliphatic carbocycles. The molecule has 21 heavy (non-hydrogen) atoms. The SMILES string of the molecule is Nc1ccccc1CN1CCC(Cc2ccccc2)CC1. The maximum absolute atomic E-state index is 6.04. The highest BCUT2D eigenvalue weighted by Crippen LogP contribution is 2.23. The molecule has 0 radical (unpaired) electrons. The van der Waals surface area contributed by atoms with Gasteiger partial charge in [0, 0.05) is 12.2 Å². The quantitative estimate of drug-likeness (QED) is 0.865. The molecule has 2 aromatic carbocycles. The first kappa shape index (κ1) is 14.2. The second-order valence-electron chi connectivity index (χ2n) is 6.11. The molecule has 0 aromatic heterocycles. The Morgan fingerprint density at radius 1 is 0.905 bits per heavy atom. The van der Waals surface area contributed by atoms with E-state index in [9.17, 15) is 0 Å². The van der Waals surface area contributed by atoms with Crippen LogP contribution >= 0.6 is 0 Å². The zero-order valence-corrected chi connectivity index (χ0v) is 12.5. The Bertz CT molecular complexity index is 557. The van der Waals surface area contributed by atoms with Crippen LogP contribution in [0.5, 0.6) is 0 Å². The molecular weight excluding hydrogens is 256 g/mol. The molecule has 0 amide bonds. The van der Waals surface area contributed by atoms with Crippen LogP contribution < -0.4 is 5.73 Å². The third-order valence-corrected chi connectivity index (χ3v) is 4.52. The summed E-state index contributed by atoms with van der Waals surface area (Å²) in [6.07, 6.45) is 3.81. The number of rotatable bonds is 4. The lowest BCUT2D eigenvalue weighted by Crippen LogP contribution is -2.34. The fourth-order valence-electron chi connectivity index (χ4n) is 3.22. The summed E-state index contributed by atoms with van der Waals surface area (Å²) in [5, 5.41) is 0. The van der Waals surface area contributed by atoms with Gasteiger partial charge in [-0.25, -0.2) is 0 Å². The van der Waals surface area contributed by atoms with Crippen molar-refractivity contribution in [1.29, 1.82) is 0 Å². The summed E-state index contributed by atoms with van der Waals surface area (Å²) in [4.78, 5) is 2.53.